The predicted octanol–water partition coefficient (Wildman–Crippen LogP) is 1.61. The van der Waals surface area contributed by atoms with E-state index < -0.39 is 5.54 Å². The lowest BCUT2D eigenvalue weighted by Crippen LogP contribution is -2.69. The number of carbonyl (C=O) groups excluding carboxylic acids is 2. The second kappa shape index (κ2) is 4.66. The van der Waals surface area contributed by atoms with Gasteiger partial charge in [0, 0.05) is 6.54 Å². The molecule has 0 aromatic carbocycles. The average molecular weight is 262 g/mol. The third-order valence-corrected chi connectivity index (χ3v) is 4.70. The summed E-state index contributed by atoms with van der Waals surface area (Å²) in [5.41, 5.74) is -0.579. The van der Waals surface area contributed by atoms with Gasteiger partial charge in [-0.3, -0.25) is 9.59 Å². The number of hydrogen-bond acceptors (Lipinski definition) is 2. The summed E-state index contributed by atoms with van der Waals surface area (Å²) in [6, 6.07) is -0.227. The fourth-order valence-corrected chi connectivity index (χ4v) is 3.52. The number of allylic oxidation sites excluding steroid dienone is 1. The van der Waals surface area contributed by atoms with Crippen molar-refractivity contribution in [3.8, 4) is 0 Å². The monoisotopic (exact) mass is 262 g/mol. The van der Waals surface area contributed by atoms with Crippen molar-refractivity contribution in [3.05, 3.63) is 12.2 Å². The van der Waals surface area contributed by atoms with Crippen LogP contribution in [0, 0.1) is 5.92 Å². The summed E-state index contributed by atoms with van der Waals surface area (Å²) in [6.07, 6.45) is 9.77. The van der Waals surface area contributed by atoms with E-state index in [0.29, 0.717) is 12.5 Å². The lowest BCUT2D eigenvalue weighted by Gasteiger charge is -2.44. The van der Waals surface area contributed by atoms with Gasteiger partial charge in [0.15, 0.2) is 0 Å². The molecule has 1 atom stereocenters. The van der Waals surface area contributed by atoms with Gasteiger partial charge >= 0.3 is 0 Å². The van der Waals surface area contributed by atoms with Crippen molar-refractivity contribution in [2.45, 2.75) is 57.0 Å². The zero-order valence-corrected chi connectivity index (χ0v) is 11.5. The number of hydrogen-bond donors (Lipinski definition) is 1. The Labute approximate surface area is 114 Å². The van der Waals surface area contributed by atoms with Crippen LogP contribution < -0.4 is 5.32 Å². The van der Waals surface area contributed by atoms with Gasteiger partial charge in [0.1, 0.15) is 11.6 Å². The van der Waals surface area contributed by atoms with E-state index in [-0.39, 0.29) is 17.9 Å². The van der Waals surface area contributed by atoms with Crippen molar-refractivity contribution >= 4 is 11.8 Å². The number of amides is 2. The first-order valence-corrected chi connectivity index (χ1v) is 7.42. The number of rotatable bonds is 3. The fraction of sp³-hybridized carbons (Fsp3) is 0.733. The van der Waals surface area contributed by atoms with Crippen molar-refractivity contribution in [2.75, 3.05) is 6.54 Å². The molecule has 4 heteroatoms. The molecule has 1 saturated heterocycles. The quantitative estimate of drug-likeness (QED) is 0.786. The van der Waals surface area contributed by atoms with Crippen molar-refractivity contribution in [1.29, 1.82) is 0 Å². The van der Waals surface area contributed by atoms with E-state index >= 15 is 0 Å². The van der Waals surface area contributed by atoms with Crippen LogP contribution in [0.25, 0.3) is 0 Å². The predicted molar refractivity (Wildman–Crippen MR) is 72.4 cm³/mol. The summed E-state index contributed by atoms with van der Waals surface area (Å²) in [6.45, 7) is 2.53. The molecule has 0 radical (unpaired) electrons. The summed E-state index contributed by atoms with van der Waals surface area (Å²) in [5.74, 6) is 0.612. The van der Waals surface area contributed by atoms with Crippen molar-refractivity contribution in [3.63, 3.8) is 0 Å². The van der Waals surface area contributed by atoms with Gasteiger partial charge in [-0.1, -0.05) is 25.0 Å². The molecule has 104 valence electrons. The van der Waals surface area contributed by atoms with Crippen LogP contribution in [0.4, 0.5) is 0 Å². The van der Waals surface area contributed by atoms with Gasteiger partial charge in [-0.05, 0) is 38.5 Å². The molecular weight excluding hydrogens is 240 g/mol. The van der Waals surface area contributed by atoms with E-state index in [4.69, 9.17) is 0 Å². The summed E-state index contributed by atoms with van der Waals surface area (Å²) in [4.78, 5) is 27.1. The Morgan fingerprint density at radius 1 is 1.32 bits per heavy atom. The number of nitrogens with one attached hydrogen (secondary N) is 1. The zero-order valence-electron chi connectivity index (χ0n) is 11.5. The van der Waals surface area contributed by atoms with Gasteiger partial charge in [-0.15, -0.1) is 0 Å². The normalized spacial score (nSPS) is 30.4. The van der Waals surface area contributed by atoms with E-state index in [1.165, 1.54) is 0 Å². The Hall–Kier alpha value is -1.32. The molecule has 0 aromatic rings. The van der Waals surface area contributed by atoms with Crippen LogP contribution in [-0.2, 0) is 9.59 Å². The Morgan fingerprint density at radius 2 is 2.00 bits per heavy atom. The largest absolute Gasteiger partial charge is 0.340 e. The van der Waals surface area contributed by atoms with E-state index in [9.17, 15) is 9.59 Å². The summed E-state index contributed by atoms with van der Waals surface area (Å²) in [7, 11) is 0. The van der Waals surface area contributed by atoms with Gasteiger partial charge in [0.2, 0.25) is 11.8 Å². The van der Waals surface area contributed by atoms with Gasteiger partial charge < -0.3 is 10.2 Å². The minimum atomic E-state index is -0.579. The zero-order chi connectivity index (χ0) is 13.5. The molecule has 1 unspecified atom stereocenters. The molecule has 1 spiro atoms. The highest BCUT2D eigenvalue weighted by atomic mass is 16.2. The molecule has 4 nitrogen and oxygen atoms in total. The number of carbonyl (C=O) groups is 2. The first kappa shape index (κ1) is 12.7. The highest BCUT2D eigenvalue weighted by Crippen LogP contribution is 2.41. The molecule has 19 heavy (non-hydrogen) atoms. The highest BCUT2D eigenvalue weighted by Gasteiger charge is 2.54. The molecule has 3 fully saturated rings. The van der Waals surface area contributed by atoms with E-state index in [1.807, 2.05) is 24.0 Å². The van der Waals surface area contributed by atoms with Gasteiger partial charge in [0.25, 0.3) is 0 Å². The summed E-state index contributed by atoms with van der Waals surface area (Å²) >= 11 is 0. The lowest BCUT2D eigenvalue weighted by atomic mass is 9.89. The van der Waals surface area contributed by atoms with Gasteiger partial charge in [-0.25, -0.2) is 0 Å². The van der Waals surface area contributed by atoms with Crippen LogP contribution in [0.2, 0.25) is 0 Å². The van der Waals surface area contributed by atoms with E-state index in [1.54, 1.807) is 0 Å². The molecule has 1 N–H and O–H groups in total. The molecule has 0 bridgehead atoms. The highest BCUT2D eigenvalue weighted by molar-refractivity contribution is 6.00. The molecule has 2 aliphatic carbocycles. The Morgan fingerprint density at radius 3 is 2.58 bits per heavy atom. The fourth-order valence-electron chi connectivity index (χ4n) is 3.52. The topological polar surface area (TPSA) is 49.4 Å². The third-order valence-electron chi connectivity index (χ3n) is 4.70. The second-order valence-corrected chi connectivity index (χ2v) is 6.09. The summed E-state index contributed by atoms with van der Waals surface area (Å²) in [5, 5.41) is 3.07. The van der Waals surface area contributed by atoms with Crippen LogP contribution in [0.1, 0.15) is 45.4 Å². The smallest absolute Gasteiger partial charge is 0.249 e. The molecule has 0 aromatic heterocycles. The molecule has 3 aliphatic rings. The van der Waals surface area contributed by atoms with Crippen molar-refractivity contribution < 1.29 is 9.59 Å². The van der Waals surface area contributed by atoms with E-state index in [0.717, 1.165) is 38.5 Å². The SMILES string of the molecule is C/C=C/CN1C(=O)C2(CCCC2)NC(=O)C1C1CC1. The van der Waals surface area contributed by atoms with E-state index in [2.05, 4.69) is 5.32 Å². The maximum absolute atomic E-state index is 12.8. The lowest BCUT2D eigenvalue weighted by molar-refractivity contribution is -0.155. The van der Waals surface area contributed by atoms with Crippen LogP contribution in [0.15, 0.2) is 12.2 Å². The Bertz CT molecular complexity index is 420. The maximum Gasteiger partial charge on any atom is 0.249 e. The molecule has 1 heterocycles. The Balaban J connectivity index is 1.88. The van der Waals surface area contributed by atoms with Crippen molar-refractivity contribution in [1.82, 2.24) is 10.2 Å². The number of piperazine rings is 1. The van der Waals surface area contributed by atoms with Gasteiger partial charge in [0.05, 0.1) is 0 Å². The standard InChI is InChI=1S/C15H22N2O2/c1-2-3-10-17-12(11-6-7-11)13(18)16-15(14(17)19)8-4-5-9-15/h2-3,11-12H,4-10H2,1H3,(H,16,18)/b3-2+. The second-order valence-electron chi connectivity index (χ2n) is 6.09. The molecule has 1 aliphatic heterocycles. The summed E-state index contributed by atoms with van der Waals surface area (Å²) < 4.78 is 0. The molecule has 2 amide bonds. The molecular formula is C15H22N2O2. The molecule has 2 saturated carbocycles. The average Bonchev–Trinajstić information content (AvgIpc) is 3.12. The van der Waals surface area contributed by atoms with Crippen LogP contribution in [0.5, 0.6) is 0 Å². The molecule has 3 rings (SSSR count). The minimum absolute atomic E-state index is 0.0773. The Kier molecular flexibility index (Phi) is 3.11. The van der Waals surface area contributed by atoms with Crippen LogP contribution in [0.3, 0.4) is 0 Å². The number of nitrogens with zero attached hydrogens (tertiary/aromatic N) is 1. The third kappa shape index (κ3) is 2.07. The van der Waals surface area contributed by atoms with Crippen LogP contribution >= 0.6 is 0 Å². The first-order chi connectivity index (χ1) is 9.18. The minimum Gasteiger partial charge on any atom is -0.340 e. The maximum atomic E-state index is 12.8. The van der Waals surface area contributed by atoms with Gasteiger partial charge in [-0.2, -0.15) is 0 Å². The first-order valence-electron chi connectivity index (χ1n) is 7.42. The van der Waals surface area contributed by atoms with Crippen LogP contribution in [-0.4, -0.2) is 34.8 Å². The van der Waals surface area contributed by atoms with Crippen molar-refractivity contribution in [2.24, 2.45) is 5.92 Å².